The molecule has 3 aromatic rings. The summed E-state index contributed by atoms with van der Waals surface area (Å²) in [6, 6.07) is 3.94. The number of carbonyl (C=O) groups excluding carboxylic acids is 2. The molecule has 0 atom stereocenters. The summed E-state index contributed by atoms with van der Waals surface area (Å²) >= 11 is 1.48. The predicted molar refractivity (Wildman–Crippen MR) is 102 cm³/mol. The number of rotatable bonds is 4. The van der Waals surface area contributed by atoms with Crippen molar-refractivity contribution in [2.24, 2.45) is 5.73 Å². The van der Waals surface area contributed by atoms with Crippen LogP contribution in [0.5, 0.6) is 0 Å². The number of carbonyl (C=O) groups is 2. The molecule has 0 aromatic carbocycles. The van der Waals surface area contributed by atoms with Crippen molar-refractivity contribution in [3.8, 4) is 0 Å². The van der Waals surface area contributed by atoms with Crippen LogP contribution in [0.4, 0.5) is 5.00 Å². The first-order valence-electron chi connectivity index (χ1n) is 8.70. The van der Waals surface area contributed by atoms with Crippen LogP contribution in [0.2, 0.25) is 0 Å². The number of fused-ring (bicyclic) bond motifs is 2. The Morgan fingerprint density at radius 3 is 2.92 bits per heavy atom. The van der Waals surface area contributed by atoms with Crippen LogP contribution in [0.15, 0.2) is 24.5 Å². The molecular weight excluding hydrogens is 348 g/mol. The Morgan fingerprint density at radius 1 is 1.35 bits per heavy atom. The Morgan fingerprint density at radius 2 is 2.15 bits per heavy atom. The molecule has 0 fully saturated rings. The Labute approximate surface area is 155 Å². The van der Waals surface area contributed by atoms with Gasteiger partial charge in [-0.2, -0.15) is 0 Å². The summed E-state index contributed by atoms with van der Waals surface area (Å²) in [6.45, 7) is 1.99. The minimum Gasteiger partial charge on any atom is -0.365 e. The van der Waals surface area contributed by atoms with Gasteiger partial charge in [0.05, 0.1) is 17.7 Å². The summed E-state index contributed by atoms with van der Waals surface area (Å²) < 4.78 is 1.91. The first-order chi connectivity index (χ1) is 12.5. The van der Waals surface area contributed by atoms with E-state index in [4.69, 9.17) is 5.73 Å². The quantitative estimate of drug-likeness (QED) is 0.742. The van der Waals surface area contributed by atoms with Gasteiger partial charge in [-0.3, -0.25) is 9.59 Å². The second-order valence-corrected chi connectivity index (χ2v) is 7.76. The van der Waals surface area contributed by atoms with Crippen LogP contribution in [0.1, 0.15) is 44.9 Å². The number of aryl methyl sites for hydroxylation is 2. The molecular formula is C19H20N4O2S. The van der Waals surface area contributed by atoms with E-state index >= 15 is 0 Å². The number of anilines is 1. The number of hydrogen-bond donors (Lipinski definition) is 2. The molecule has 3 heterocycles. The van der Waals surface area contributed by atoms with Crippen molar-refractivity contribution in [1.82, 2.24) is 9.38 Å². The van der Waals surface area contributed by atoms with Gasteiger partial charge < -0.3 is 15.5 Å². The highest BCUT2D eigenvalue weighted by Gasteiger charge is 2.25. The summed E-state index contributed by atoms with van der Waals surface area (Å²) in [4.78, 5) is 30.1. The van der Waals surface area contributed by atoms with E-state index in [-0.39, 0.29) is 12.3 Å². The number of imidazole rings is 1. The minimum absolute atomic E-state index is 0.155. The van der Waals surface area contributed by atoms with Crippen molar-refractivity contribution in [1.29, 1.82) is 0 Å². The van der Waals surface area contributed by atoms with Gasteiger partial charge in [-0.15, -0.1) is 11.3 Å². The normalized spacial score (nSPS) is 13.6. The number of aromatic nitrogens is 2. The van der Waals surface area contributed by atoms with E-state index in [9.17, 15) is 9.59 Å². The highest BCUT2D eigenvalue weighted by molar-refractivity contribution is 7.17. The molecule has 0 bridgehead atoms. The molecule has 2 amide bonds. The number of primary amides is 1. The number of thiophene rings is 1. The van der Waals surface area contributed by atoms with Crippen LogP contribution >= 0.6 is 11.3 Å². The molecule has 4 rings (SSSR count). The van der Waals surface area contributed by atoms with Gasteiger partial charge in [0.15, 0.2) is 0 Å². The maximum absolute atomic E-state index is 12.5. The van der Waals surface area contributed by atoms with Crippen molar-refractivity contribution < 1.29 is 9.59 Å². The molecule has 134 valence electrons. The van der Waals surface area contributed by atoms with Crippen LogP contribution in [0.25, 0.3) is 5.65 Å². The van der Waals surface area contributed by atoms with E-state index < -0.39 is 5.91 Å². The number of nitrogens with zero attached hydrogens (tertiary/aromatic N) is 2. The van der Waals surface area contributed by atoms with E-state index in [1.165, 1.54) is 16.2 Å². The van der Waals surface area contributed by atoms with Crippen LogP contribution in [-0.2, 0) is 24.1 Å². The van der Waals surface area contributed by atoms with Gasteiger partial charge in [-0.25, -0.2) is 4.98 Å². The van der Waals surface area contributed by atoms with Gasteiger partial charge in [-0.1, -0.05) is 6.07 Å². The summed E-state index contributed by atoms with van der Waals surface area (Å²) in [5.41, 5.74) is 9.69. The molecule has 0 radical (unpaired) electrons. The first-order valence-corrected chi connectivity index (χ1v) is 9.52. The smallest absolute Gasteiger partial charge is 0.251 e. The van der Waals surface area contributed by atoms with Gasteiger partial charge in [-0.05, 0) is 49.8 Å². The lowest BCUT2D eigenvalue weighted by Gasteiger charge is -2.11. The number of hydrogen-bond acceptors (Lipinski definition) is 4. The van der Waals surface area contributed by atoms with Crippen molar-refractivity contribution in [3.05, 3.63) is 51.8 Å². The molecule has 3 aromatic heterocycles. The SMILES string of the molecule is Cc1cccn2cc(CC(=O)Nc3sc4c(c3C(N)=O)CCCC4)nc12. The summed E-state index contributed by atoms with van der Waals surface area (Å²) in [5.74, 6) is -0.657. The van der Waals surface area contributed by atoms with E-state index in [0.29, 0.717) is 16.3 Å². The highest BCUT2D eigenvalue weighted by Crippen LogP contribution is 2.37. The Kier molecular flexibility index (Phi) is 4.24. The van der Waals surface area contributed by atoms with Crippen molar-refractivity contribution in [3.63, 3.8) is 0 Å². The van der Waals surface area contributed by atoms with Gasteiger partial charge in [0, 0.05) is 17.3 Å². The maximum atomic E-state index is 12.5. The zero-order valence-corrected chi connectivity index (χ0v) is 15.4. The second-order valence-electron chi connectivity index (χ2n) is 6.66. The fraction of sp³-hybridized carbons (Fsp3) is 0.316. The van der Waals surface area contributed by atoms with E-state index in [1.54, 1.807) is 0 Å². The summed E-state index contributed by atoms with van der Waals surface area (Å²) in [7, 11) is 0. The summed E-state index contributed by atoms with van der Waals surface area (Å²) in [6.07, 6.45) is 7.89. The van der Waals surface area contributed by atoms with E-state index in [1.807, 2.05) is 35.9 Å². The van der Waals surface area contributed by atoms with Crippen molar-refractivity contribution >= 4 is 33.8 Å². The molecule has 1 aliphatic carbocycles. The fourth-order valence-corrected chi connectivity index (χ4v) is 4.85. The monoisotopic (exact) mass is 368 g/mol. The third-order valence-electron chi connectivity index (χ3n) is 4.74. The molecule has 26 heavy (non-hydrogen) atoms. The van der Waals surface area contributed by atoms with Gasteiger partial charge in [0.1, 0.15) is 10.6 Å². The maximum Gasteiger partial charge on any atom is 0.251 e. The third kappa shape index (κ3) is 2.99. The Balaban J connectivity index is 1.57. The number of amides is 2. The Hall–Kier alpha value is -2.67. The van der Waals surface area contributed by atoms with E-state index in [0.717, 1.165) is 42.5 Å². The van der Waals surface area contributed by atoms with Gasteiger partial charge in [0.25, 0.3) is 5.91 Å². The molecule has 0 saturated carbocycles. The van der Waals surface area contributed by atoms with Crippen LogP contribution in [0.3, 0.4) is 0 Å². The van der Waals surface area contributed by atoms with Gasteiger partial charge >= 0.3 is 0 Å². The van der Waals surface area contributed by atoms with Crippen LogP contribution in [0, 0.1) is 6.92 Å². The zero-order valence-electron chi connectivity index (χ0n) is 14.5. The van der Waals surface area contributed by atoms with Gasteiger partial charge in [0.2, 0.25) is 5.91 Å². The molecule has 0 aliphatic heterocycles. The number of nitrogens with two attached hydrogens (primary N) is 1. The Bertz CT molecular complexity index is 1020. The fourth-order valence-electron chi connectivity index (χ4n) is 3.54. The average Bonchev–Trinajstić information content (AvgIpc) is 3.15. The lowest BCUT2D eigenvalue weighted by molar-refractivity contribution is -0.115. The number of nitrogens with one attached hydrogen (secondary N) is 1. The highest BCUT2D eigenvalue weighted by atomic mass is 32.1. The summed E-state index contributed by atoms with van der Waals surface area (Å²) in [5, 5.41) is 3.46. The first kappa shape index (κ1) is 16.8. The molecule has 1 aliphatic rings. The molecule has 0 unspecified atom stereocenters. The number of pyridine rings is 1. The largest absolute Gasteiger partial charge is 0.365 e. The lowest BCUT2D eigenvalue weighted by atomic mass is 9.95. The molecule has 6 nitrogen and oxygen atoms in total. The van der Waals surface area contributed by atoms with E-state index in [2.05, 4.69) is 10.3 Å². The lowest BCUT2D eigenvalue weighted by Crippen LogP contribution is -2.19. The predicted octanol–water partition coefficient (Wildman–Crippen LogP) is 2.86. The van der Waals surface area contributed by atoms with Crippen LogP contribution < -0.4 is 11.1 Å². The average molecular weight is 368 g/mol. The van der Waals surface area contributed by atoms with Crippen molar-refractivity contribution in [2.75, 3.05) is 5.32 Å². The molecule has 7 heteroatoms. The topological polar surface area (TPSA) is 89.5 Å². The zero-order chi connectivity index (χ0) is 18.3. The van der Waals surface area contributed by atoms with Crippen molar-refractivity contribution in [2.45, 2.75) is 39.0 Å². The molecule has 0 spiro atoms. The second kappa shape index (κ2) is 6.57. The molecule has 3 N–H and O–H groups in total. The van der Waals surface area contributed by atoms with Crippen LogP contribution in [-0.4, -0.2) is 21.2 Å². The standard InChI is InChI=1S/C19H20N4O2S/c1-11-5-4-8-23-10-12(21-18(11)23)9-15(24)22-19-16(17(20)25)13-6-2-3-7-14(13)26-19/h4-5,8,10H,2-3,6-7,9H2,1H3,(H2,20,25)(H,22,24). The molecule has 0 saturated heterocycles. The third-order valence-corrected chi connectivity index (χ3v) is 5.95. The minimum atomic E-state index is -0.469.